The van der Waals surface area contributed by atoms with E-state index in [0.29, 0.717) is 11.8 Å². The van der Waals surface area contributed by atoms with Crippen molar-refractivity contribution >= 4 is 22.1 Å². The highest BCUT2D eigenvalue weighted by molar-refractivity contribution is 5.83. The van der Waals surface area contributed by atoms with E-state index in [2.05, 4.69) is 117 Å². The van der Waals surface area contributed by atoms with Crippen molar-refractivity contribution in [2.45, 2.75) is 53.4 Å². The van der Waals surface area contributed by atoms with Crippen LogP contribution in [-0.2, 0) is 0 Å². The van der Waals surface area contributed by atoms with Gasteiger partial charge in [0, 0.05) is 11.4 Å². The molecule has 2 aromatic heterocycles. The van der Waals surface area contributed by atoms with Crippen molar-refractivity contribution in [1.82, 2.24) is 19.1 Å². The number of fused-ring (bicyclic) bond motifs is 2. The van der Waals surface area contributed by atoms with Crippen LogP contribution in [0.5, 0.6) is 0 Å². The van der Waals surface area contributed by atoms with Gasteiger partial charge in [-0.3, -0.25) is 9.13 Å². The zero-order chi connectivity index (χ0) is 26.6. The molecule has 0 saturated heterocycles. The second-order valence-corrected chi connectivity index (χ2v) is 11.0. The summed E-state index contributed by atoms with van der Waals surface area (Å²) in [5.41, 5.74) is 14.2. The fraction of sp³-hybridized carbons (Fsp3) is 0.235. The summed E-state index contributed by atoms with van der Waals surface area (Å²) >= 11 is 0. The van der Waals surface area contributed by atoms with Crippen LogP contribution in [0.4, 0.5) is 0 Å². The molecule has 0 bridgehead atoms. The number of aromatic nitrogens is 4. The lowest BCUT2D eigenvalue weighted by atomic mass is 9.85. The molecule has 4 heteroatoms. The Bertz CT molecular complexity index is 1770. The monoisotopic (exact) mass is 498 g/mol. The van der Waals surface area contributed by atoms with E-state index < -0.39 is 0 Å². The molecule has 0 N–H and O–H groups in total. The first kappa shape index (κ1) is 24.2. The number of imidazole rings is 2. The third kappa shape index (κ3) is 4.01. The van der Waals surface area contributed by atoms with Gasteiger partial charge in [-0.25, -0.2) is 9.97 Å². The van der Waals surface area contributed by atoms with Crippen LogP contribution in [0.25, 0.3) is 44.6 Å². The van der Waals surface area contributed by atoms with Crippen LogP contribution in [0.2, 0.25) is 0 Å². The van der Waals surface area contributed by atoms with E-state index in [1.165, 1.54) is 33.4 Å². The molecule has 0 unspecified atom stereocenters. The molecule has 0 fully saturated rings. The molecule has 0 aliphatic carbocycles. The van der Waals surface area contributed by atoms with Crippen LogP contribution in [0.3, 0.4) is 0 Å². The summed E-state index contributed by atoms with van der Waals surface area (Å²) in [5.74, 6) is 0.814. The molecule has 0 atom stereocenters. The quantitative estimate of drug-likeness (QED) is 0.238. The Morgan fingerprint density at radius 1 is 0.579 bits per heavy atom. The topological polar surface area (TPSA) is 35.6 Å². The second kappa shape index (κ2) is 9.29. The first-order valence-corrected chi connectivity index (χ1v) is 13.5. The highest BCUT2D eigenvalue weighted by Crippen LogP contribution is 2.38. The summed E-state index contributed by atoms with van der Waals surface area (Å²) in [5, 5.41) is 0. The van der Waals surface area contributed by atoms with E-state index >= 15 is 0 Å². The maximum Gasteiger partial charge on any atom is 0.100 e. The fourth-order valence-corrected chi connectivity index (χ4v) is 5.54. The van der Waals surface area contributed by atoms with Crippen molar-refractivity contribution < 1.29 is 0 Å². The molecule has 0 spiro atoms. The molecular weight excluding hydrogens is 464 g/mol. The Balaban J connectivity index is 1.68. The fourth-order valence-electron chi connectivity index (χ4n) is 5.54. The normalized spacial score (nSPS) is 11.9. The molecule has 0 saturated carbocycles. The molecule has 190 valence electrons. The molecule has 0 aliphatic heterocycles. The van der Waals surface area contributed by atoms with Crippen molar-refractivity contribution in [2.24, 2.45) is 0 Å². The zero-order valence-corrected chi connectivity index (χ0v) is 23.0. The minimum absolute atomic E-state index is 0.407. The van der Waals surface area contributed by atoms with Gasteiger partial charge >= 0.3 is 0 Å². The molecule has 4 nitrogen and oxygen atoms in total. The number of hydrogen-bond donors (Lipinski definition) is 0. The number of benzene rings is 4. The number of rotatable bonds is 5. The summed E-state index contributed by atoms with van der Waals surface area (Å²) in [7, 11) is 0. The molecule has 0 amide bonds. The number of aryl methyl sites for hydroxylation is 2. The molecule has 6 aromatic rings. The van der Waals surface area contributed by atoms with Gasteiger partial charge in [0.1, 0.15) is 12.7 Å². The van der Waals surface area contributed by atoms with Gasteiger partial charge in [-0.05, 0) is 102 Å². The van der Waals surface area contributed by atoms with Gasteiger partial charge in [0.25, 0.3) is 0 Å². The van der Waals surface area contributed by atoms with E-state index in [-0.39, 0.29) is 0 Å². The molecule has 6 rings (SSSR count). The highest BCUT2D eigenvalue weighted by Gasteiger charge is 2.18. The Labute approximate surface area is 224 Å². The summed E-state index contributed by atoms with van der Waals surface area (Å²) < 4.78 is 4.42. The third-order valence-electron chi connectivity index (χ3n) is 7.74. The third-order valence-corrected chi connectivity index (χ3v) is 7.74. The summed E-state index contributed by atoms with van der Waals surface area (Å²) in [6.45, 7) is 13.4. The van der Waals surface area contributed by atoms with Gasteiger partial charge in [-0.15, -0.1) is 0 Å². The van der Waals surface area contributed by atoms with Gasteiger partial charge in [-0.2, -0.15) is 0 Å². The zero-order valence-electron chi connectivity index (χ0n) is 23.0. The molecule has 2 heterocycles. The Hall–Kier alpha value is -4.18. The van der Waals surface area contributed by atoms with Crippen LogP contribution in [-0.4, -0.2) is 19.1 Å². The minimum atomic E-state index is 0.407. The Morgan fingerprint density at radius 3 is 1.82 bits per heavy atom. The van der Waals surface area contributed by atoms with Gasteiger partial charge in [0.2, 0.25) is 0 Å². The maximum absolute atomic E-state index is 4.78. The second-order valence-electron chi connectivity index (χ2n) is 11.0. The van der Waals surface area contributed by atoms with Gasteiger partial charge < -0.3 is 0 Å². The van der Waals surface area contributed by atoms with Crippen LogP contribution in [0.15, 0.2) is 85.5 Å². The lowest BCUT2D eigenvalue weighted by molar-refractivity contribution is 0.838. The lowest BCUT2D eigenvalue weighted by Gasteiger charge is -2.22. The van der Waals surface area contributed by atoms with Crippen LogP contribution in [0, 0.1) is 13.8 Å². The largest absolute Gasteiger partial charge is 0.299 e. The maximum atomic E-state index is 4.78. The van der Waals surface area contributed by atoms with Crippen molar-refractivity contribution in [1.29, 1.82) is 0 Å². The number of para-hydroxylation sites is 2. The van der Waals surface area contributed by atoms with E-state index in [4.69, 9.17) is 9.97 Å². The van der Waals surface area contributed by atoms with Crippen molar-refractivity contribution in [3.05, 3.63) is 108 Å². The molecule has 4 aromatic carbocycles. The Morgan fingerprint density at radius 2 is 1.16 bits per heavy atom. The molecular formula is C34H34N4. The van der Waals surface area contributed by atoms with Gasteiger partial charge in [-0.1, -0.05) is 58.0 Å². The van der Waals surface area contributed by atoms with Gasteiger partial charge in [0.05, 0.1) is 22.1 Å². The Kier molecular flexibility index (Phi) is 5.91. The average Bonchev–Trinajstić information content (AvgIpc) is 3.52. The van der Waals surface area contributed by atoms with Crippen molar-refractivity contribution in [3.8, 4) is 22.5 Å². The standard InChI is InChI=1S/C34H34N4/c1-21(2)28-10-9-11-29(22(3)4)34(28)25-16-26(37-19-35-30-12-7-8-13-32(30)37)18-27(17-25)38-20-36-31-14-23(5)24(6)15-33(31)38/h7-22H,1-6H3. The van der Waals surface area contributed by atoms with Crippen molar-refractivity contribution in [2.75, 3.05) is 0 Å². The van der Waals surface area contributed by atoms with Crippen LogP contribution >= 0.6 is 0 Å². The van der Waals surface area contributed by atoms with E-state index in [9.17, 15) is 0 Å². The van der Waals surface area contributed by atoms with Crippen LogP contribution in [0.1, 0.15) is 61.8 Å². The summed E-state index contributed by atoms with van der Waals surface area (Å²) in [6.07, 6.45) is 3.89. The summed E-state index contributed by atoms with van der Waals surface area (Å²) in [4.78, 5) is 9.47. The number of hydrogen-bond acceptors (Lipinski definition) is 2. The minimum Gasteiger partial charge on any atom is -0.299 e. The van der Waals surface area contributed by atoms with E-state index in [0.717, 1.165) is 33.4 Å². The molecule has 38 heavy (non-hydrogen) atoms. The SMILES string of the molecule is Cc1cc2ncn(-c3cc(-c4c(C(C)C)cccc4C(C)C)cc(-n4cnc5ccccc54)c3)c2cc1C. The predicted octanol–water partition coefficient (Wildman–Crippen LogP) is 8.90. The predicted molar refractivity (Wildman–Crippen MR) is 159 cm³/mol. The van der Waals surface area contributed by atoms with Crippen molar-refractivity contribution in [3.63, 3.8) is 0 Å². The highest BCUT2D eigenvalue weighted by atomic mass is 15.1. The van der Waals surface area contributed by atoms with Gasteiger partial charge in [0.15, 0.2) is 0 Å². The van der Waals surface area contributed by atoms with E-state index in [1.54, 1.807) is 0 Å². The lowest BCUT2D eigenvalue weighted by Crippen LogP contribution is -2.03. The number of nitrogens with zero attached hydrogens (tertiary/aromatic N) is 4. The van der Waals surface area contributed by atoms with E-state index in [1.807, 2.05) is 18.7 Å². The average molecular weight is 499 g/mol. The van der Waals surface area contributed by atoms with Crippen LogP contribution < -0.4 is 0 Å². The smallest absolute Gasteiger partial charge is 0.100 e. The first-order valence-electron chi connectivity index (χ1n) is 13.5. The molecule has 0 radical (unpaired) electrons. The summed E-state index contributed by atoms with van der Waals surface area (Å²) in [6, 6.07) is 26.4. The first-order chi connectivity index (χ1) is 18.3. The molecule has 0 aliphatic rings.